The van der Waals surface area contributed by atoms with Crippen molar-refractivity contribution in [3.63, 3.8) is 0 Å². The third-order valence-corrected chi connectivity index (χ3v) is 5.24. The molecule has 1 unspecified atom stereocenters. The van der Waals surface area contributed by atoms with Crippen LogP contribution in [0.5, 0.6) is 0 Å². The lowest BCUT2D eigenvalue weighted by Crippen LogP contribution is -2.58. The van der Waals surface area contributed by atoms with Gasteiger partial charge >= 0.3 is 12.2 Å². The molecule has 1 saturated carbocycles. The first-order valence-corrected chi connectivity index (χ1v) is 8.80. The first kappa shape index (κ1) is 17.8. The second kappa shape index (κ2) is 6.25. The molecule has 2 aliphatic rings. The lowest BCUT2D eigenvalue weighted by atomic mass is 9.75. The Balaban J connectivity index is 1.98. The Morgan fingerprint density at radius 2 is 1.81 bits per heavy atom. The van der Waals surface area contributed by atoms with Gasteiger partial charge in [-0.15, -0.1) is 0 Å². The van der Waals surface area contributed by atoms with E-state index in [1.54, 1.807) is 30.3 Å². The summed E-state index contributed by atoms with van der Waals surface area (Å²) < 4.78 is 54.3. The van der Waals surface area contributed by atoms with Crippen molar-refractivity contribution in [1.29, 1.82) is 0 Å². The number of fused-ring (bicyclic) bond motifs is 1. The van der Waals surface area contributed by atoms with Crippen molar-refractivity contribution >= 4 is 11.7 Å². The summed E-state index contributed by atoms with van der Waals surface area (Å²) in [7, 11) is 0. The van der Waals surface area contributed by atoms with Crippen LogP contribution in [-0.4, -0.2) is 23.7 Å². The number of halogens is 4. The number of hydrogen-bond donors (Lipinski definition) is 1. The maximum absolute atomic E-state index is 14.1. The third-order valence-electron chi connectivity index (χ3n) is 5.24. The predicted molar refractivity (Wildman–Crippen MR) is 92.7 cm³/mol. The van der Waals surface area contributed by atoms with Crippen LogP contribution in [0.1, 0.15) is 30.4 Å². The van der Waals surface area contributed by atoms with Crippen molar-refractivity contribution in [3.05, 3.63) is 65.5 Å². The van der Waals surface area contributed by atoms with Crippen molar-refractivity contribution in [2.45, 2.75) is 31.0 Å². The maximum Gasteiger partial charge on any atom is 0.406 e. The van der Waals surface area contributed by atoms with Crippen molar-refractivity contribution < 1.29 is 22.4 Å². The lowest BCUT2D eigenvalue weighted by Gasteiger charge is -2.49. The molecule has 0 radical (unpaired) electrons. The molecule has 1 fully saturated rings. The van der Waals surface area contributed by atoms with Crippen LogP contribution in [0.2, 0.25) is 0 Å². The lowest BCUT2D eigenvalue weighted by molar-refractivity contribution is -0.149. The highest BCUT2D eigenvalue weighted by Gasteiger charge is 2.53. The van der Waals surface area contributed by atoms with Gasteiger partial charge in [0.2, 0.25) is 0 Å². The highest BCUT2D eigenvalue weighted by atomic mass is 19.4. The van der Waals surface area contributed by atoms with Crippen LogP contribution >= 0.6 is 0 Å². The van der Waals surface area contributed by atoms with E-state index in [2.05, 4.69) is 5.32 Å². The van der Waals surface area contributed by atoms with Gasteiger partial charge in [0.05, 0.1) is 5.54 Å². The molecular weight excluding hydrogens is 360 g/mol. The van der Waals surface area contributed by atoms with Crippen molar-refractivity contribution in [2.75, 3.05) is 11.9 Å². The van der Waals surface area contributed by atoms with E-state index < -0.39 is 30.1 Å². The van der Waals surface area contributed by atoms with E-state index in [1.165, 1.54) is 18.2 Å². The van der Waals surface area contributed by atoms with E-state index in [4.69, 9.17) is 0 Å². The Morgan fingerprint density at radius 3 is 2.44 bits per heavy atom. The highest BCUT2D eigenvalue weighted by Crippen LogP contribution is 2.52. The molecule has 2 amide bonds. The summed E-state index contributed by atoms with van der Waals surface area (Å²) in [5.74, 6) is -0.351. The number of carbonyl (C=O) groups excluding carboxylic acids is 1. The summed E-state index contributed by atoms with van der Waals surface area (Å²) in [6.45, 7) is -1.41. The maximum atomic E-state index is 14.1. The molecule has 7 heteroatoms. The van der Waals surface area contributed by atoms with E-state index in [1.807, 2.05) is 0 Å². The van der Waals surface area contributed by atoms with Crippen LogP contribution in [-0.2, 0) is 5.54 Å². The zero-order valence-corrected chi connectivity index (χ0v) is 14.4. The number of nitrogens with one attached hydrogen (secondary N) is 1. The summed E-state index contributed by atoms with van der Waals surface area (Å²) in [6, 6.07) is 11.7. The first-order valence-electron chi connectivity index (χ1n) is 8.80. The number of urea groups is 1. The van der Waals surface area contributed by atoms with Crippen molar-refractivity contribution in [1.82, 2.24) is 4.90 Å². The van der Waals surface area contributed by atoms with Crippen LogP contribution in [0.25, 0.3) is 0 Å². The summed E-state index contributed by atoms with van der Waals surface area (Å²) in [5.41, 5.74) is -0.0887. The average molecular weight is 378 g/mol. The largest absolute Gasteiger partial charge is 0.406 e. The van der Waals surface area contributed by atoms with Gasteiger partial charge in [0.25, 0.3) is 0 Å². The number of carbonyl (C=O) groups is 1. The molecule has 1 aliphatic carbocycles. The number of rotatable bonds is 4. The molecule has 2 aromatic carbocycles. The van der Waals surface area contributed by atoms with Crippen LogP contribution in [0.15, 0.2) is 48.5 Å². The topological polar surface area (TPSA) is 32.3 Å². The molecule has 3 nitrogen and oxygen atoms in total. The van der Waals surface area contributed by atoms with Gasteiger partial charge in [-0.1, -0.05) is 43.2 Å². The predicted octanol–water partition coefficient (Wildman–Crippen LogP) is 5.28. The number of benzene rings is 2. The number of amides is 2. The van der Waals surface area contributed by atoms with E-state index >= 15 is 0 Å². The third kappa shape index (κ3) is 3.26. The van der Waals surface area contributed by atoms with Gasteiger partial charge in [0, 0.05) is 11.3 Å². The van der Waals surface area contributed by atoms with Gasteiger partial charge in [-0.2, -0.15) is 13.2 Å². The molecule has 2 aromatic rings. The fourth-order valence-electron chi connectivity index (χ4n) is 3.96. The molecule has 1 atom stereocenters. The minimum atomic E-state index is -4.58. The smallest absolute Gasteiger partial charge is 0.307 e. The Morgan fingerprint density at radius 1 is 1.11 bits per heavy atom. The normalized spacial score (nSPS) is 22.4. The second-order valence-corrected chi connectivity index (χ2v) is 7.20. The van der Waals surface area contributed by atoms with Crippen molar-refractivity contribution in [3.8, 4) is 0 Å². The molecule has 0 spiro atoms. The number of hydrogen-bond acceptors (Lipinski definition) is 1. The van der Waals surface area contributed by atoms with Gasteiger partial charge in [-0.3, -0.25) is 0 Å². The molecule has 27 heavy (non-hydrogen) atoms. The van der Waals surface area contributed by atoms with Crippen LogP contribution in [0.3, 0.4) is 0 Å². The summed E-state index contributed by atoms with van der Waals surface area (Å²) in [4.78, 5) is 13.6. The number of anilines is 1. The molecule has 1 N–H and O–H groups in total. The van der Waals surface area contributed by atoms with Gasteiger partial charge < -0.3 is 10.2 Å². The summed E-state index contributed by atoms with van der Waals surface area (Å²) >= 11 is 0. The SMILES string of the molecule is O=C1Nc2ccc(F)cc2C(CC2CC2)(c2ccccc2)N1CC(F)(F)F. The second-order valence-electron chi connectivity index (χ2n) is 7.20. The fourth-order valence-corrected chi connectivity index (χ4v) is 3.96. The van der Waals surface area contributed by atoms with Crippen LogP contribution < -0.4 is 5.32 Å². The van der Waals surface area contributed by atoms with Gasteiger partial charge in [-0.25, -0.2) is 9.18 Å². The van der Waals surface area contributed by atoms with E-state index in [0.717, 1.165) is 17.7 Å². The molecule has 142 valence electrons. The van der Waals surface area contributed by atoms with E-state index in [0.29, 0.717) is 23.2 Å². The fraction of sp³-hybridized carbons (Fsp3) is 0.350. The monoisotopic (exact) mass is 378 g/mol. The molecule has 1 aliphatic heterocycles. The Bertz CT molecular complexity index is 864. The molecule has 0 saturated heterocycles. The van der Waals surface area contributed by atoms with Crippen LogP contribution in [0.4, 0.5) is 28.0 Å². The Hall–Kier alpha value is -2.57. The molecule has 0 bridgehead atoms. The zero-order chi connectivity index (χ0) is 19.2. The van der Waals surface area contributed by atoms with Crippen molar-refractivity contribution in [2.24, 2.45) is 5.92 Å². The minimum Gasteiger partial charge on any atom is -0.307 e. The van der Waals surface area contributed by atoms with E-state index in [9.17, 15) is 22.4 Å². The first-order chi connectivity index (χ1) is 12.8. The summed E-state index contributed by atoms with van der Waals surface area (Å²) in [6.07, 6.45) is -2.47. The Kier molecular flexibility index (Phi) is 4.13. The highest BCUT2D eigenvalue weighted by molar-refractivity contribution is 5.94. The summed E-state index contributed by atoms with van der Waals surface area (Å²) in [5, 5.41) is 2.50. The zero-order valence-electron chi connectivity index (χ0n) is 14.4. The van der Waals surface area contributed by atoms with Crippen LogP contribution in [0, 0.1) is 11.7 Å². The van der Waals surface area contributed by atoms with Gasteiger partial charge in [-0.05, 0) is 36.1 Å². The average Bonchev–Trinajstić information content (AvgIpc) is 3.42. The van der Waals surface area contributed by atoms with Gasteiger partial charge in [0.1, 0.15) is 12.4 Å². The quantitative estimate of drug-likeness (QED) is 0.722. The number of alkyl halides is 3. The molecule has 4 rings (SSSR count). The molecule has 0 aromatic heterocycles. The number of nitrogens with zero attached hydrogens (tertiary/aromatic N) is 1. The van der Waals surface area contributed by atoms with Gasteiger partial charge in [0.15, 0.2) is 0 Å². The molecule has 1 heterocycles. The molecular formula is C20H18F4N2O. The minimum absolute atomic E-state index is 0.197. The van der Waals surface area contributed by atoms with E-state index in [-0.39, 0.29) is 5.92 Å². The Labute approximate surface area is 154 Å². The standard InChI is InChI=1S/C20H18F4N2O/c21-15-8-9-17-16(10-15)19(11-13-6-7-13,14-4-2-1-3-5-14)26(18(27)25-17)12-20(22,23)24/h1-5,8-10,13H,6-7,11-12H2,(H,25,27).